The minimum atomic E-state index is -0.715. The zero-order chi connectivity index (χ0) is 13.5. The van der Waals surface area contributed by atoms with E-state index < -0.39 is 18.5 Å². The fourth-order valence-electron chi connectivity index (χ4n) is 1.05. The maximum absolute atomic E-state index is 11.2. The molecule has 0 atom stereocenters. The van der Waals surface area contributed by atoms with Crippen molar-refractivity contribution in [1.82, 2.24) is 0 Å². The Hall–Kier alpha value is -2.50. The lowest BCUT2D eigenvalue weighted by Gasteiger charge is -2.00. The van der Waals surface area contributed by atoms with Gasteiger partial charge in [0, 0.05) is 6.08 Å². The SMILES string of the molecule is COC(=O)COC(=O)/C=C/c1ccc(O)c(O)c1. The second-order valence-corrected chi connectivity index (χ2v) is 3.27. The molecular weight excluding hydrogens is 240 g/mol. The number of phenolic OH excluding ortho intramolecular Hbond substituents is 2. The molecule has 0 saturated carbocycles. The molecule has 1 rings (SSSR count). The van der Waals surface area contributed by atoms with Gasteiger partial charge in [0.15, 0.2) is 18.1 Å². The topological polar surface area (TPSA) is 93.1 Å². The van der Waals surface area contributed by atoms with Gasteiger partial charge in [-0.3, -0.25) is 0 Å². The van der Waals surface area contributed by atoms with E-state index >= 15 is 0 Å². The smallest absolute Gasteiger partial charge is 0.344 e. The largest absolute Gasteiger partial charge is 0.504 e. The summed E-state index contributed by atoms with van der Waals surface area (Å²) in [5.74, 6) is -1.91. The summed E-state index contributed by atoms with van der Waals surface area (Å²) >= 11 is 0. The molecule has 18 heavy (non-hydrogen) atoms. The van der Waals surface area contributed by atoms with Gasteiger partial charge in [-0.25, -0.2) is 9.59 Å². The molecule has 1 aromatic carbocycles. The Bertz CT molecular complexity index is 477. The predicted molar refractivity (Wildman–Crippen MR) is 61.8 cm³/mol. The number of carbonyl (C=O) groups is 2. The summed E-state index contributed by atoms with van der Waals surface area (Å²) in [6.45, 7) is -0.458. The van der Waals surface area contributed by atoms with Gasteiger partial charge >= 0.3 is 11.9 Å². The second kappa shape index (κ2) is 6.29. The van der Waals surface area contributed by atoms with Crippen LogP contribution in [0.2, 0.25) is 0 Å². The minimum Gasteiger partial charge on any atom is -0.504 e. The number of benzene rings is 1. The van der Waals surface area contributed by atoms with Crippen molar-refractivity contribution in [3.05, 3.63) is 29.8 Å². The molecule has 0 spiro atoms. The molecule has 0 heterocycles. The van der Waals surface area contributed by atoms with Crippen LogP contribution in [0.3, 0.4) is 0 Å². The highest BCUT2D eigenvalue weighted by atomic mass is 16.6. The van der Waals surface area contributed by atoms with Gasteiger partial charge in [-0.05, 0) is 23.8 Å². The van der Waals surface area contributed by atoms with Crippen LogP contribution in [-0.2, 0) is 19.1 Å². The highest BCUT2D eigenvalue weighted by Gasteiger charge is 2.04. The molecule has 1 aromatic rings. The molecule has 0 aliphatic rings. The van der Waals surface area contributed by atoms with Crippen molar-refractivity contribution in [1.29, 1.82) is 0 Å². The molecule has 0 unspecified atom stereocenters. The molecule has 0 bridgehead atoms. The van der Waals surface area contributed by atoms with Gasteiger partial charge in [0.2, 0.25) is 0 Å². The average molecular weight is 252 g/mol. The monoisotopic (exact) mass is 252 g/mol. The Morgan fingerprint density at radius 3 is 2.61 bits per heavy atom. The first kappa shape index (κ1) is 13.6. The molecule has 6 nitrogen and oxygen atoms in total. The number of ether oxygens (including phenoxy) is 2. The summed E-state index contributed by atoms with van der Waals surface area (Å²) in [5, 5.41) is 18.3. The maximum Gasteiger partial charge on any atom is 0.344 e. The van der Waals surface area contributed by atoms with Crippen LogP contribution in [-0.4, -0.2) is 35.9 Å². The number of carbonyl (C=O) groups excluding carboxylic acids is 2. The fourth-order valence-corrected chi connectivity index (χ4v) is 1.05. The molecule has 0 saturated heterocycles. The molecule has 0 aliphatic heterocycles. The van der Waals surface area contributed by atoms with Gasteiger partial charge in [0.1, 0.15) is 0 Å². The summed E-state index contributed by atoms with van der Waals surface area (Å²) in [6, 6.07) is 4.06. The highest BCUT2D eigenvalue weighted by Crippen LogP contribution is 2.25. The zero-order valence-electron chi connectivity index (χ0n) is 9.62. The summed E-state index contributed by atoms with van der Waals surface area (Å²) in [4.78, 5) is 21.8. The summed E-state index contributed by atoms with van der Waals surface area (Å²) in [5.41, 5.74) is 0.500. The van der Waals surface area contributed by atoms with Crippen molar-refractivity contribution >= 4 is 18.0 Å². The van der Waals surface area contributed by atoms with Crippen LogP contribution < -0.4 is 0 Å². The molecule has 2 N–H and O–H groups in total. The van der Waals surface area contributed by atoms with E-state index in [0.29, 0.717) is 5.56 Å². The lowest BCUT2D eigenvalue weighted by atomic mass is 10.2. The highest BCUT2D eigenvalue weighted by molar-refractivity contribution is 5.88. The van der Waals surface area contributed by atoms with Crippen LogP contribution in [0.4, 0.5) is 0 Å². The molecule has 0 aliphatic carbocycles. The summed E-state index contributed by atoms with van der Waals surface area (Å²) in [7, 11) is 1.19. The van der Waals surface area contributed by atoms with Crippen LogP contribution in [0, 0.1) is 0 Å². The van der Waals surface area contributed by atoms with E-state index in [1.54, 1.807) is 0 Å². The Kier molecular flexibility index (Phi) is 4.74. The number of rotatable bonds is 4. The van der Waals surface area contributed by atoms with E-state index in [1.807, 2.05) is 0 Å². The fraction of sp³-hybridized carbons (Fsp3) is 0.167. The Morgan fingerprint density at radius 1 is 1.28 bits per heavy atom. The van der Waals surface area contributed by atoms with Crippen molar-refractivity contribution in [3.8, 4) is 11.5 Å². The third-order valence-electron chi connectivity index (χ3n) is 1.97. The third kappa shape index (κ3) is 4.17. The van der Waals surface area contributed by atoms with E-state index in [1.165, 1.54) is 31.4 Å². The van der Waals surface area contributed by atoms with E-state index in [-0.39, 0.29) is 11.5 Å². The van der Waals surface area contributed by atoms with Gasteiger partial charge in [-0.1, -0.05) is 6.07 Å². The van der Waals surface area contributed by atoms with Crippen LogP contribution >= 0.6 is 0 Å². The molecule has 96 valence electrons. The number of phenols is 2. The van der Waals surface area contributed by atoms with E-state index in [0.717, 1.165) is 6.08 Å². The number of methoxy groups -OCH3 is 1. The van der Waals surface area contributed by atoms with Crippen molar-refractivity contribution in [2.24, 2.45) is 0 Å². The van der Waals surface area contributed by atoms with Gasteiger partial charge in [0.25, 0.3) is 0 Å². The lowest BCUT2D eigenvalue weighted by molar-refractivity contribution is -0.154. The maximum atomic E-state index is 11.2. The summed E-state index contributed by atoms with van der Waals surface area (Å²) < 4.78 is 8.85. The molecule has 0 fully saturated rings. The quantitative estimate of drug-likeness (QED) is 0.468. The number of hydrogen-bond donors (Lipinski definition) is 2. The van der Waals surface area contributed by atoms with Crippen LogP contribution in [0.25, 0.3) is 6.08 Å². The standard InChI is InChI=1S/C12H12O6/c1-17-12(16)7-18-11(15)5-3-8-2-4-9(13)10(14)6-8/h2-6,13-14H,7H2,1H3/b5-3+. The minimum absolute atomic E-state index is 0.250. The molecular formula is C12H12O6. The molecule has 0 aromatic heterocycles. The molecule has 0 amide bonds. The number of hydrogen-bond acceptors (Lipinski definition) is 6. The van der Waals surface area contributed by atoms with E-state index in [4.69, 9.17) is 5.11 Å². The average Bonchev–Trinajstić information content (AvgIpc) is 2.37. The third-order valence-corrected chi connectivity index (χ3v) is 1.97. The van der Waals surface area contributed by atoms with Gasteiger partial charge in [0.05, 0.1) is 7.11 Å². The Morgan fingerprint density at radius 2 is 2.00 bits per heavy atom. The van der Waals surface area contributed by atoms with Crippen molar-refractivity contribution in [2.75, 3.05) is 13.7 Å². The number of esters is 2. The Balaban J connectivity index is 2.55. The first-order valence-corrected chi connectivity index (χ1v) is 4.96. The first-order valence-electron chi connectivity index (χ1n) is 4.96. The zero-order valence-corrected chi connectivity index (χ0v) is 9.62. The van der Waals surface area contributed by atoms with Crippen molar-refractivity contribution in [2.45, 2.75) is 0 Å². The van der Waals surface area contributed by atoms with E-state index in [2.05, 4.69) is 9.47 Å². The Labute approximate surface area is 103 Å². The van der Waals surface area contributed by atoms with Gasteiger partial charge in [-0.15, -0.1) is 0 Å². The second-order valence-electron chi connectivity index (χ2n) is 3.27. The predicted octanol–water partition coefficient (Wildman–Crippen LogP) is 0.827. The molecule has 0 radical (unpaired) electrons. The first-order chi connectivity index (χ1) is 8.52. The van der Waals surface area contributed by atoms with E-state index in [9.17, 15) is 14.7 Å². The van der Waals surface area contributed by atoms with Crippen LogP contribution in [0.1, 0.15) is 5.56 Å². The van der Waals surface area contributed by atoms with Gasteiger partial charge < -0.3 is 19.7 Å². The summed E-state index contributed by atoms with van der Waals surface area (Å²) in [6.07, 6.45) is 2.47. The van der Waals surface area contributed by atoms with Crippen LogP contribution in [0.5, 0.6) is 11.5 Å². The lowest BCUT2D eigenvalue weighted by Crippen LogP contribution is -2.13. The van der Waals surface area contributed by atoms with Crippen molar-refractivity contribution in [3.63, 3.8) is 0 Å². The van der Waals surface area contributed by atoms with Crippen LogP contribution in [0.15, 0.2) is 24.3 Å². The number of aromatic hydroxyl groups is 2. The normalized spacial score (nSPS) is 10.3. The van der Waals surface area contributed by atoms with Gasteiger partial charge in [-0.2, -0.15) is 0 Å². The molecule has 6 heteroatoms. The van der Waals surface area contributed by atoms with Crippen molar-refractivity contribution < 1.29 is 29.3 Å².